The van der Waals surface area contributed by atoms with Crippen molar-refractivity contribution < 1.29 is 14.4 Å². The van der Waals surface area contributed by atoms with Crippen LogP contribution in [0.15, 0.2) is 47.8 Å². The van der Waals surface area contributed by atoms with E-state index in [0.29, 0.717) is 18.5 Å². The number of carbonyl (C=O) groups is 3. The lowest BCUT2D eigenvalue weighted by molar-refractivity contribution is -0.136. The molecule has 0 saturated carbocycles. The summed E-state index contributed by atoms with van der Waals surface area (Å²) >= 11 is 1.69. The predicted molar refractivity (Wildman–Crippen MR) is 103 cm³/mol. The summed E-state index contributed by atoms with van der Waals surface area (Å²) in [6, 6.07) is 13.6. The maximum atomic E-state index is 13.0. The van der Waals surface area contributed by atoms with E-state index in [1.165, 1.54) is 10.1 Å². The van der Waals surface area contributed by atoms with Crippen molar-refractivity contribution in [3.8, 4) is 11.1 Å². The van der Waals surface area contributed by atoms with Gasteiger partial charge in [0.1, 0.15) is 6.04 Å². The molecule has 0 spiro atoms. The third kappa shape index (κ3) is 2.56. The molecule has 27 heavy (non-hydrogen) atoms. The van der Waals surface area contributed by atoms with Gasteiger partial charge in [-0.05, 0) is 35.1 Å². The van der Waals surface area contributed by atoms with Crippen molar-refractivity contribution >= 4 is 39.1 Å². The van der Waals surface area contributed by atoms with Crippen LogP contribution in [-0.2, 0) is 16.1 Å². The lowest BCUT2D eigenvalue weighted by atomic mass is 10.00. The molecule has 0 radical (unpaired) electrons. The summed E-state index contributed by atoms with van der Waals surface area (Å²) in [6.45, 7) is 0.408. The summed E-state index contributed by atoms with van der Waals surface area (Å²) in [5, 5.41) is 5.63. The highest BCUT2D eigenvalue weighted by Gasteiger charge is 2.39. The molecule has 1 aromatic heterocycles. The zero-order chi connectivity index (χ0) is 18.5. The minimum atomic E-state index is -0.576. The molecule has 3 amide bonds. The molecular weight excluding hydrogens is 360 g/mol. The molecule has 3 aromatic rings. The van der Waals surface area contributed by atoms with Gasteiger partial charge in [0.25, 0.3) is 5.91 Å². The molecule has 2 aliphatic rings. The summed E-state index contributed by atoms with van der Waals surface area (Å²) in [7, 11) is 0. The molecule has 2 aromatic carbocycles. The number of nitrogens with one attached hydrogen (secondary N) is 1. The van der Waals surface area contributed by atoms with Crippen LogP contribution in [0.25, 0.3) is 21.2 Å². The third-order valence-electron chi connectivity index (χ3n) is 5.32. The molecule has 0 bridgehead atoms. The molecule has 1 fully saturated rings. The number of benzene rings is 2. The van der Waals surface area contributed by atoms with Crippen molar-refractivity contribution in [1.82, 2.24) is 10.2 Å². The van der Waals surface area contributed by atoms with Crippen LogP contribution in [0.4, 0.5) is 0 Å². The van der Waals surface area contributed by atoms with Gasteiger partial charge in [0.2, 0.25) is 11.8 Å². The van der Waals surface area contributed by atoms with Gasteiger partial charge < -0.3 is 4.90 Å². The number of nitrogens with zero attached hydrogens (tertiary/aromatic N) is 1. The molecule has 134 valence electrons. The van der Waals surface area contributed by atoms with E-state index in [2.05, 4.69) is 22.8 Å². The topological polar surface area (TPSA) is 66.5 Å². The summed E-state index contributed by atoms with van der Waals surface area (Å²) in [5.41, 5.74) is 3.69. The Kier molecular flexibility index (Phi) is 3.62. The molecule has 3 heterocycles. The molecule has 5 rings (SSSR count). The molecule has 5 nitrogen and oxygen atoms in total. The average molecular weight is 376 g/mol. The van der Waals surface area contributed by atoms with Gasteiger partial charge in [0, 0.05) is 34.2 Å². The smallest absolute Gasteiger partial charge is 0.255 e. The van der Waals surface area contributed by atoms with E-state index in [-0.39, 0.29) is 24.1 Å². The van der Waals surface area contributed by atoms with E-state index < -0.39 is 6.04 Å². The molecule has 2 aliphatic heterocycles. The number of hydrogen-bond acceptors (Lipinski definition) is 4. The Bertz CT molecular complexity index is 1120. The first kappa shape index (κ1) is 16.2. The van der Waals surface area contributed by atoms with Crippen molar-refractivity contribution in [3.05, 3.63) is 59.0 Å². The first-order valence-corrected chi connectivity index (χ1v) is 9.74. The van der Waals surface area contributed by atoms with Gasteiger partial charge in [0.05, 0.1) is 0 Å². The van der Waals surface area contributed by atoms with E-state index >= 15 is 0 Å². The second-order valence-electron chi connectivity index (χ2n) is 6.92. The van der Waals surface area contributed by atoms with Gasteiger partial charge >= 0.3 is 0 Å². The number of thiophene rings is 1. The number of rotatable bonds is 2. The van der Waals surface area contributed by atoms with Crippen molar-refractivity contribution in [2.24, 2.45) is 0 Å². The van der Waals surface area contributed by atoms with Crippen LogP contribution < -0.4 is 5.32 Å². The predicted octanol–water partition coefficient (Wildman–Crippen LogP) is 3.33. The Balaban J connectivity index is 1.50. The lowest BCUT2D eigenvalue weighted by Gasteiger charge is -2.29. The van der Waals surface area contributed by atoms with Gasteiger partial charge in [-0.3, -0.25) is 19.7 Å². The van der Waals surface area contributed by atoms with E-state index in [0.717, 1.165) is 16.7 Å². The molecule has 6 heteroatoms. The fourth-order valence-corrected chi connectivity index (χ4v) is 4.89. The number of amides is 3. The SMILES string of the molecule is O=C1CCC(N2Cc3ccc(-c4csc5ccccc45)cc3C2=O)C(=O)N1. The quantitative estimate of drug-likeness (QED) is 0.698. The van der Waals surface area contributed by atoms with Crippen LogP contribution in [0.2, 0.25) is 0 Å². The number of imide groups is 1. The molecule has 1 N–H and O–H groups in total. The van der Waals surface area contributed by atoms with Crippen LogP contribution in [-0.4, -0.2) is 28.7 Å². The zero-order valence-electron chi connectivity index (χ0n) is 14.4. The third-order valence-corrected chi connectivity index (χ3v) is 6.28. The molecule has 1 saturated heterocycles. The number of carbonyl (C=O) groups excluding carboxylic acids is 3. The summed E-state index contributed by atoms with van der Waals surface area (Å²) < 4.78 is 1.21. The highest BCUT2D eigenvalue weighted by Crippen LogP contribution is 2.36. The Morgan fingerprint density at radius 3 is 2.74 bits per heavy atom. The second-order valence-corrected chi connectivity index (χ2v) is 7.83. The van der Waals surface area contributed by atoms with Crippen LogP contribution >= 0.6 is 11.3 Å². The monoisotopic (exact) mass is 376 g/mol. The summed E-state index contributed by atoms with van der Waals surface area (Å²) in [5.74, 6) is -0.788. The largest absolute Gasteiger partial charge is 0.322 e. The Labute approximate surface area is 159 Å². The van der Waals surface area contributed by atoms with Crippen LogP contribution in [0.5, 0.6) is 0 Å². The van der Waals surface area contributed by atoms with Crippen molar-refractivity contribution in [3.63, 3.8) is 0 Å². The van der Waals surface area contributed by atoms with Gasteiger partial charge in [-0.25, -0.2) is 0 Å². The Morgan fingerprint density at radius 2 is 1.89 bits per heavy atom. The molecule has 1 atom stereocenters. The fourth-order valence-electron chi connectivity index (χ4n) is 3.92. The fraction of sp³-hybridized carbons (Fsp3) is 0.190. The highest BCUT2D eigenvalue weighted by molar-refractivity contribution is 7.17. The van der Waals surface area contributed by atoms with Crippen molar-refractivity contribution in [2.75, 3.05) is 0 Å². The molecule has 1 unspecified atom stereocenters. The van der Waals surface area contributed by atoms with Gasteiger partial charge in [-0.15, -0.1) is 11.3 Å². The minimum absolute atomic E-state index is 0.138. The first-order valence-electron chi connectivity index (χ1n) is 8.86. The second kappa shape index (κ2) is 6.03. The summed E-state index contributed by atoms with van der Waals surface area (Å²) in [6.07, 6.45) is 0.648. The Morgan fingerprint density at radius 1 is 1.04 bits per heavy atom. The van der Waals surface area contributed by atoms with E-state index in [4.69, 9.17) is 0 Å². The molecule has 0 aliphatic carbocycles. The lowest BCUT2D eigenvalue weighted by Crippen LogP contribution is -2.52. The molecular formula is C21H16N2O3S. The highest BCUT2D eigenvalue weighted by atomic mass is 32.1. The van der Waals surface area contributed by atoms with E-state index in [1.54, 1.807) is 16.2 Å². The van der Waals surface area contributed by atoms with Crippen molar-refractivity contribution in [2.45, 2.75) is 25.4 Å². The van der Waals surface area contributed by atoms with Crippen molar-refractivity contribution in [1.29, 1.82) is 0 Å². The van der Waals surface area contributed by atoms with E-state index in [1.807, 2.05) is 30.3 Å². The number of hydrogen-bond donors (Lipinski definition) is 1. The zero-order valence-corrected chi connectivity index (χ0v) is 15.2. The minimum Gasteiger partial charge on any atom is -0.322 e. The standard InChI is InChI=1S/C21H16N2O3S/c24-19-8-7-17(20(25)22-19)23-10-13-6-5-12(9-15(13)21(23)26)16-11-27-18-4-2-1-3-14(16)18/h1-6,9,11,17H,7-8,10H2,(H,22,24,25). The van der Waals surface area contributed by atoms with Gasteiger partial charge in [0.15, 0.2) is 0 Å². The summed E-state index contributed by atoms with van der Waals surface area (Å²) in [4.78, 5) is 38.1. The number of piperidine rings is 1. The van der Waals surface area contributed by atoms with Gasteiger partial charge in [-0.2, -0.15) is 0 Å². The average Bonchev–Trinajstić information content (AvgIpc) is 3.23. The van der Waals surface area contributed by atoms with E-state index in [9.17, 15) is 14.4 Å². The number of fused-ring (bicyclic) bond motifs is 2. The van der Waals surface area contributed by atoms with Crippen LogP contribution in [0.3, 0.4) is 0 Å². The maximum absolute atomic E-state index is 13.0. The van der Waals surface area contributed by atoms with Crippen LogP contribution in [0, 0.1) is 0 Å². The Hall–Kier alpha value is -2.99. The van der Waals surface area contributed by atoms with Crippen LogP contribution in [0.1, 0.15) is 28.8 Å². The van der Waals surface area contributed by atoms with Gasteiger partial charge in [-0.1, -0.05) is 30.3 Å². The maximum Gasteiger partial charge on any atom is 0.255 e. The first-order chi connectivity index (χ1) is 13.1. The normalized spacial score (nSPS) is 19.5.